The minimum Gasteiger partial charge on any atom is -0.495 e. The van der Waals surface area contributed by atoms with Gasteiger partial charge in [0.1, 0.15) is 11.5 Å². The van der Waals surface area contributed by atoms with Crippen LogP contribution >= 0.6 is 0 Å². The number of hydrazone groups is 1. The lowest BCUT2D eigenvalue weighted by Gasteiger charge is -2.12. The quantitative estimate of drug-likeness (QED) is 0.297. The lowest BCUT2D eigenvalue weighted by Crippen LogP contribution is -2.19. The molecule has 1 amide bonds. The molecule has 3 aromatic carbocycles. The number of carboxylic acids is 1. The van der Waals surface area contributed by atoms with Crippen LogP contribution in [0.2, 0.25) is 0 Å². The summed E-state index contributed by atoms with van der Waals surface area (Å²) in [4.78, 5) is 23.1. The van der Waals surface area contributed by atoms with Crippen LogP contribution in [0.1, 0.15) is 15.9 Å². The van der Waals surface area contributed by atoms with E-state index in [9.17, 15) is 18.0 Å². The van der Waals surface area contributed by atoms with Crippen molar-refractivity contribution in [3.8, 4) is 11.5 Å². The van der Waals surface area contributed by atoms with E-state index in [1.54, 1.807) is 48.5 Å². The van der Waals surface area contributed by atoms with Crippen molar-refractivity contribution in [2.24, 2.45) is 5.10 Å². The number of hydrogen-bond donors (Lipinski definition) is 3. The first-order valence-corrected chi connectivity index (χ1v) is 11.3. The number of carboxylic acid groups (broad SMARTS) is 1. The van der Waals surface area contributed by atoms with Crippen molar-refractivity contribution < 1.29 is 32.6 Å². The SMILES string of the molecule is COc1ccccc1NS(=O)(=O)c1cccc(C(=O)NN=Cc2ccccc2OCC(=O)O)c1. The number of carbonyl (C=O) groups excluding carboxylic acids is 1. The zero-order valence-corrected chi connectivity index (χ0v) is 18.8. The van der Waals surface area contributed by atoms with E-state index in [2.05, 4.69) is 15.2 Å². The van der Waals surface area contributed by atoms with Gasteiger partial charge < -0.3 is 14.6 Å². The molecule has 11 heteroatoms. The van der Waals surface area contributed by atoms with Gasteiger partial charge in [-0.2, -0.15) is 5.10 Å². The number of ether oxygens (including phenoxy) is 2. The number of nitrogens with one attached hydrogen (secondary N) is 2. The smallest absolute Gasteiger partial charge is 0.341 e. The summed E-state index contributed by atoms with van der Waals surface area (Å²) in [7, 11) is -2.57. The third kappa shape index (κ3) is 6.33. The third-order valence-corrected chi connectivity index (χ3v) is 5.76. The summed E-state index contributed by atoms with van der Waals surface area (Å²) in [6.07, 6.45) is 1.29. The molecule has 3 aromatic rings. The predicted octanol–water partition coefficient (Wildman–Crippen LogP) is 2.72. The Morgan fingerprint density at radius 3 is 2.44 bits per heavy atom. The summed E-state index contributed by atoms with van der Waals surface area (Å²) in [5.74, 6) is -1.15. The average Bonchev–Trinajstić information content (AvgIpc) is 2.83. The van der Waals surface area contributed by atoms with Gasteiger partial charge in [0.25, 0.3) is 15.9 Å². The first kappa shape index (κ1) is 24.3. The lowest BCUT2D eigenvalue weighted by atomic mass is 10.2. The Kier molecular flexibility index (Phi) is 7.83. The number of sulfonamides is 1. The molecule has 0 heterocycles. The predicted molar refractivity (Wildman–Crippen MR) is 125 cm³/mol. The number of amides is 1. The molecule has 176 valence electrons. The van der Waals surface area contributed by atoms with E-state index in [1.165, 1.54) is 37.6 Å². The summed E-state index contributed by atoms with van der Waals surface area (Å²) in [5, 5.41) is 12.6. The minimum atomic E-state index is -4.00. The maximum absolute atomic E-state index is 12.8. The molecular formula is C23H21N3O7S. The number of carbonyl (C=O) groups is 2. The number of hydrogen-bond acceptors (Lipinski definition) is 7. The fourth-order valence-corrected chi connectivity index (χ4v) is 3.94. The summed E-state index contributed by atoms with van der Waals surface area (Å²) < 4.78 is 38.4. The summed E-state index contributed by atoms with van der Waals surface area (Å²) >= 11 is 0. The van der Waals surface area contributed by atoms with Gasteiger partial charge in [-0.3, -0.25) is 9.52 Å². The fourth-order valence-electron chi connectivity index (χ4n) is 2.82. The first-order valence-electron chi connectivity index (χ1n) is 9.83. The number of anilines is 1. The Balaban J connectivity index is 1.72. The molecule has 0 aliphatic rings. The molecule has 0 fully saturated rings. The van der Waals surface area contributed by atoms with Crippen LogP contribution in [0.25, 0.3) is 0 Å². The molecule has 0 saturated carbocycles. The van der Waals surface area contributed by atoms with Crippen molar-refractivity contribution in [3.63, 3.8) is 0 Å². The molecule has 0 aliphatic carbocycles. The van der Waals surface area contributed by atoms with Gasteiger partial charge in [0.05, 0.1) is 23.9 Å². The zero-order valence-electron chi connectivity index (χ0n) is 18.0. The summed E-state index contributed by atoms with van der Waals surface area (Å²) in [5.41, 5.74) is 3.08. The van der Waals surface area contributed by atoms with E-state index in [4.69, 9.17) is 14.6 Å². The van der Waals surface area contributed by atoms with E-state index in [1.807, 2.05) is 0 Å². The van der Waals surface area contributed by atoms with Gasteiger partial charge >= 0.3 is 5.97 Å². The molecule has 0 spiro atoms. The second-order valence-electron chi connectivity index (χ2n) is 6.75. The Hall–Kier alpha value is -4.38. The highest BCUT2D eigenvalue weighted by Crippen LogP contribution is 2.26. The zero-order chi connectivity index (χ0) is 24.6. The highest BCUT2D eigenvalue weighted by molar-refractivity contribution is 7.92. The molecule has 0 radical (unpaired) electrons. The fraction of sp³-hybridized carbons (Fsp3) is 0.0870. The average molecular weight is 484 g/mol. The van der Waals surface area contributed by atoms with Crippen molar-refractivity contribution in [1.29, 1.82) is 0 Å². The van der Waals surface area contributed by atoms with Gasteiger partial charge in [0.2, 0.25) is 0 Å². The molecule has 34 heavy (non-hydrogen) atoms. The highest BCUT2D eigenvalue weighted by Gasteiger charge is 2.18. The van der Waals surface area contributed by atoms with Crippen LogP contribution in [0, 0.1) is 0 Å². The second kappa shape index (κ2) is 11.0. The Morgan fingerprint density at radius 2 is 1.71 bits per heavy atom. The molecule has 10 nitrogen and oxygen atoms in total. The third-order valence-electron chi connectivity index (χ3n) is 4.40. The van der Waals surface area contributed by atoms with Crippen LogP contribution in [-0.4, -0.2) is 45.3 Å². The normalized spacial score (nSPS) is 11.1. The molecule has 0 saturated heterocycles. The number of aliphatic carboxylic acids is 1. The van der Waals surface area contributed by atoms with Crippen molar-refractivity contribution in [3.05, 3.63) is 83.9 Å². The molecular weight excluding hydrogens is 462 g/mol. The number of rotatable bonds is 10. The van der Waals surface area contributed by atoms with Crippen molar-refractivity contribution in [1.82, 2.24) is 5.43 Å². The Labute approximate surface area is 195 Å². The molecule has 0 aliphatic heterocycles. The number of benzene rings is 3. The Morgan fingerprint density at radius 1 is 1.00 bits per heavy atom. The minimum absolute atomic E-state index is 0.0652. The van der Waals surface area contributed by atoms with E-state index in [-0.39, 0.29) is 21.9 Å². The van der Waals surface area contributed by atoms with E-state index >= 15 is 0 Å². The standard InChI is InChI=1S/C23H21N3O7S/c1-32-21-12-5-3-10-19(21)26-34(30,31)18-9-6-8-16(13-18)23(29)25-24-14-17-7-2-4-11-20(17)33-15-22(27)28/h2-14,26H,15H2,1H3,(H,25,29)(H,27,28). The summed E-state index contributed by atoms with van der Waals surface area (Å²) in [6, 6.07) is 18.5. The van der Waals surface area contributed by atoms with Gasteiger partial charge in [0, 0.05) is 11.1 Å². The maximum Gasteiger partial charge on any atom is 0.341 e. The maximum atomic E-state index is 12.8. The second-order valence-corrected chi connectivity index (χ2v) is 8.44. The van der Waals surface area contributed by atoms with Crippen LogP contribution in [0.3, 0.4) is 0 Å². The molecule has 3 rings (SSSR count). The molecule has 0 aromatic heterocycles. The molecule has 0 unspecified atom stereocenters. The topological polar surface area (TPSA) is 143 Å². The highest BCUT2D eigenvalue weighted by atomic mass is 32.2. The van der Waals surface area contributed by atoms with E-state index in [0.29, 0.717) is 11.3 Å². The van der Waals surface area contributed by atoms with Crippen molar-refractivity contribution in [2.45, 2.75) is 4.90 Å². The molecule has 0 bridgehead atoms. The van der Waals surface area contributed by atoms with Crippen LogP contribution < -0.4 is 19.6 Å². The number of nitrogens with zero attached hydrogens (tertiary/aromatic N) is 1. The van der Waals surface area contributed by atoms with E-state index in [0.717, 1.165) is 0 Å². The van der Waals surface area contributed by atoms with Crippen LogP contribution in [0.5, 0.6) is 11.5 Å². The van der Waals surface area contributed by atoms with Crippen LogP contribution in [0.4, 0.5) is 5.69 Å². The monoisotopic (exact) mass is 483 g/mol. The summed E-state index contributed by atoms with van der Waals surface area (Å²) in [6.45, 7) is -0.526. The van der Waals surface area contributed by atoms with Crippen molar-refractivity contribution >= 4 is 33.8 Å². The van der Waals surface area contributed by atoms with Crippen LogP contribution in [-0.2, 0) is 14.8 Å². The van der Waals surface area contributed by atoms with Crippen molar-refractivity contribution in [2.75, 3.05) is 18.4 Å². The van der Waals surface area contributed by atoms with E-state index < -0.39 is 28.5 Å². The van der Waals surface area contributed by atoms with Gasteiger partial charge in [-0.1, -0.05) is 30.3 Å². The number of para-hydroxylation sites is 3. The van der Waals surface area contributed by atoms with Crippen LogP contribution in [0.15, 0.2) is 82.8 Å². The van der Waals surface area contributed by atoms with Gasteiger partial charge in [0.15, 0.2) is 6.61 Å². The van der Waals surface area contributed by atoms with Gasteiger partial charge in [-0.15, -0.1) is 0 Å². The molecule has 0 atom stereocenters. The number of methoxy groups -OCH3 is 1. The lowest BCUT2D eigenvalue weighted by molar-refractivity contribution is -0.139. The Bertz CT molecular complexity index is 1320. The first-order chi connectivity index (χ1) is 16.3. The largest absolute Gasteiger partial charge is 0.495 e. The van der Waals surface area contributed by atoms with Gasteiger partial charge in [-0.05, 0) is 42.5 Å². The van der Waals surface area contributed by atoms with Gasteiger partial charge in [-0.25, -0.2) is 18.6 Å². The molecule has 3 N–H and O–H groups in total.